The first kappa shape index (κ1) is 13.7. The van der Waals surface area contributed by atoms with Gasteiger partial charge in [0, 0.05) is 11.8 Å². The van der Waals surface area contributed by atoms with Crippen LogP contribution in [-0.4, -0.2) is 16.0 Å². The molecule has 7 heteroatoms. The zero-order valence-corrected chi connectivity index (χ0v) is 10.5. The van der Waals surface area contributed by atoms with Gasteiger partial charge in [-0.15, -0.1) is 0 Å². The van der Waals surface area contributed by atoms with E-state index in [1.165, 1.54) is 6.07 Å². The maximum Gasteiger partial charge on any atom is 0.230 e. The van der Waals surface area contributed by atoms with Gasteiger partial charge in [0.25, 0.3) is 0 Å². The van der Waals surface area contributed by atoms with Crippen LogP contribution in [0.15, 0.2) is 35.5 Å². The first-order chi connectivity index (χ1) is 9.51. The Hall–Kier alpha value is -2.70. The summed E-state index contributed by atoms with van der Waals surface area (Å²) in [6.45, 7) is 1.69. The molecule has 1 aromatic carbocycles. The summed E-state index contributed by atoms with van der Waals surface area (Å²) >= 11 is 0. The van der Waals surface area contributed by atoms with E-state index in [-0.39, 0.29) is 23.0 Å². The van der Waals surface area contributed by atoms with Crippen molar-refractivity contribution < 1.29 is 18.7 Å². The number of benzene rings is 1. The summed E-state index contributed by atoms with van der Waals surface area (Å²) < 4.78 is 31.9. The molecule has 0 saturated carbocycles. The van der Waals surface area contributed by atoms with Gasteiger partial charge in [0.05, 0.1) is 5.56 Å². The van der Waals surface area contributed by atoms with Crippen LogP contribution in [-0.2, 0) is 0 Å². The second-order valence-electron chi connectivity index (χ2n) is 3.97. The Morgan fingerprint density at radius 1 is 1.30 bits per heavy atom. The van der Waals surface area contributed by atoms with Gasteiger partial charge in [-0.1, -0.05) is 5.16 Å². The summed E-state index contributed by atoms with van der Waals surface area (Å²) in [5.41, 5.74) is 6.22. The lowest BCUT2D eigenvalue weighted by Gasteiger charge is -2.10. The molecule has 2 rings (SSSR count). The Balaban J connectivity index is 2.47. The highest BCUT2D eigenvalue weighted by Gasteiger charge is 2.14. The zero-order chi connectivity index (χ0) is 14.7. The van der Waals surface area contributed by atoms with Crippen molar-refractivity contribution in [3.05, 3.63) is 53.2 Å². The summed E-state index contributed by atoms with van der Waals surface area (Å²) in [6, 6.07) is 5.90. The number of aromatic nitrogens is 1. The van der Waals surface area contributed by atoms with Crippen LogP contribution in [0.5, 0.6) is 11.6 Å². The van der Waals surface area contributed by atoms with Gasteiger partial charge >= 0.3 is 0 Å². The highest BCUT2D eigenvalue weighted by molar-refractivity contribution is 5.99. The van der Waals surface area contributed by atoms with E-state index in [1.54, 1.807) is 13.0 Å². The fourth-order valence-corrected chi connectivity index (χ4v) is 1.52. The molecule has 0 radical (unpaired) electrons. The summed E-state index contributed by atoms with van der Waals surface area (Å²) in [7, 11) is 0. The number of aryl methyl sites for hydroxylation is 1. The molecule has 104 valence electrons. The smallest absolute Gasteiger partial charge is 0.230 e. The molecular formula is C13H11F2N3O2. The molecule has 0 aliphatic carbocycles. The van der Waals surface area contributed by atoms with Crippen LogP contribution < -0.4 is 10.5 Å². The average Bonchev–Trinajstić information content (AvgIpc) is 2.42. The Kier molecular flexibility index (Phi) is 3.79. The fraction of sp³-hybridized carbons (Fsp3) is 0.0769. The average molecular weight is 279 g/mol. The molecule has 5 nitrogen and oxygen atoms in total. The molecule has 2 aromatic rings. The number of halogens is 2. The van der Waals surface area contributed by atoms with Crippen molar-refractivity contribution in [3.8, 4) is 11.6 Å². The number of nitrogens with two attached hydrogens (primary N) is 1. The van der Waals surface area contributed by atoms with Crippen LogP contribution >= 0.6 is 0 Å². The molecule has 20 heavy (non-hydrogen) atoms. The van der Waals surface area contributed by atoms with Gasteiger partial charge in [0.15, 0.2) is 17.4 Å². The van der Waals surface area contributed by atoms with E-state index in [0.29, 0.717) is 5.69 Å². The minimum atomic E-state index is -0.750. The van der Waals surface area contributed by atoms with Crippen LogP contribution in [0, 0.1) is 18.6 Å². The number of pyridine rings is 1. The second kappa shape index (κ2) is 5.52. The van der Waals surface area contributed by atoms with Crippen molar-refractivity contribution in [3.63, 3.8) is 0 Å². The summed E-state index contributed by atoms with van der Waals surface area (Å²) in [5, 5.41) is 11.5. The lowest BCUT2D eigenvalue weighted by atomic mass is 10.2. The Labute approximate surface area is 113 Å². The SMILES string of the molecule is Cc1ccc(C(N)=NO)c(Oc2cc(F)ccc2F)n1. The van der Waals surface area contributed by atoms with Crippen molar-refractivity contribution in [2.75, 3.05) is 0 Å². The largest absolute Gasteiger partial charge is 0.435 e. The molecule has 0 bridgehead atoms. The van der Waals surface area contributed by atoms with E-state index >= 15 is 0 Å². The first-order valence-corrected chi connectivity index (χ1v) is 5.59. The molecule has 0 aliphatic rings. The highest BCUT2D eigenvalue weighted by Crippen LogP contribution is 2.26. The number of rotatable bonds is 3. The van der Waals surface area contributed by atoms with E-state index < -0.39 is 11.6 Å². The summed E-state index contributed by atoms with van der Waals surface area (Å²) in [5.74, 6) is -2.07. The van der Waals surface area contributed by atoms with Crippen LogP contribution in [0.4, 0.5) is 8.78 Å². The van der Waals surface area contributed by atoms with Crippen LogP contribution in [0.3, 0.4) is 0 Å². The van der Waals surface area contributed by atoms with Gasteiger partial charge in [-0.25, -0.2) is 13.8 Å². The van der Waals surface area contributed by atoms with Gasteiger partial charge in [0.2, 0.25) is 5.88 Å². The number of oxime groups is 1. The van der Waals surface area contributed by atoms with E-state index in [1.807, 2.05) is 0 Å². The monoisotopic (exact) mass is 279 g/mol. The third-order valence-electron chi connectivity index (χ3n) is 2.48. The Morgan fingerprint density at radius 3 is 2.75 bits per heavy atom. The minimum Gasteiger partial charge on any atom is -0.435 e. The molecule has 0 spiro atoms. The normalized spacial score (nSPS) is 11.4. The third kappa shape index (κ3) is 2.82. The van der Waals surface area contributed by atoms with Crippen molar-refractivity contribution in [2.45, 2.75) is 6.92 Å². The van der Waals surface area contributed by atoms with E-state index in [2.05, 4.69) is 10.1 Å². The quantitative estimate of drug-likeness (QED) is 0.391. The van der Waals surface area contributed by atoms with E-state index in [4.69, 9.17) is 15.7 Å². The van der Waals surface area contributed by atoms with Gasteiger partial charge < -0.3 is 15.7 Å². The molecule has 0 amide bonds. The van der Waals surface area contributed by atoms with Crippen LogP contribution in [0.1, 0.15) is 11.3 Å². The Morgan fingerprint density at radius 2 is 2.05 bits per heavy atom. The maximum atomic E-state index is 13.5. The van der Waals surface area contributed by atoms with E-state index in [0.717, 1.165) is 18.2 Å². The molecule has 1 aromatic heterocycles. The molecule has 0 aliphatic heterocycles. The lowest BCUT2D eigenvalue weighted by Crippen LogP contribution is -2.15. The molecule has 1 heterocycles. The van der Waals surface area contributed by atoms with Gasteiger partial charge in [-0.3, -0.25) is 0 Å². The van der Waals surface area contributed by atoms with Crippen molar-refractivity contribution in [1.29, 1.82) is 0 Å². The molecule has 0 unspecified atom stereocenters. The molecule has 0 fully saturated rings. The molecule has 0 atom stereocenters. The number of hydrogen-bond acceptors (Lipinski definition) is 4. The van der Waals surface area contributed by atoms with Gasteiger partial charge in [-0.2, -0.15) is 0 Å². The standard InChI is InChI=1S/C13H11F2N3O2/c1-7-2-4-9(12(16)18-19)13(17-7)20-11-6-8(14)3-5-10(11)15/h2-6,19H,1H3,(H2,16,18). The fourth-order valence-electron chi connectivity index (χ4n) is 1.52. The molecule has 3 N–H and O–H groups in total. The predicted molar refractivity (Wildman–Crippen MR) is 67.9 cm³/mol. The van der Waals surface area contributed by atoms with Crippen molar-refractivity contribution in [1.82, 2.24) is 4.98 Å². The number of amidine groups is 1. The number of ether oxygens (including phenoxy) is 1. The van der Waals surface area contributed by atoms with E-state index in [9.17, 15) is 8.78 Å². The van der Waals surface area contributed by atoms with Crippen LogP contribution in [0.2, 0.25) is 0 Å². The van der Waals surface area contributed by atoms with Crippen molar-refractivity contribution in [2.24, 2.45) is 10.9 Å². The highest BCUT2D eigenvalue weighted by atomic mass is 19.1. The predicted octanol–water partition coefficient (Wildman–Crippen LogP) is 2.56. The van der Waals surface area contributed by atoms with Crippen LogP contribution in [0.25, 0.3) is 0 Å². The topological polar surface area (TPSA) is 80.7 Å². The second-order valence-corrected chi connectivity index (χ2v) is 3.97. The minimum absolute atomic E-state index is 0.0789. The molecule has 0 saturated heterocycles. The Bertz CT molecular complexity index is 675. The van der Waals surface area contributed by atoms with Gasteiger partial charge in [0.1, 0.15) is 5.82 Å². The lowest BCUT2D eigenvalue weighted by molar-refractivity contribution is 0.318. The third-order valence-corrected chi connectivity index (χ3v) is 2.48. The zero-order valence-electron chi connectivity index (χ0n) is 10.5. The summed E-state index contributed by atoms with van der Waals surface area (Å²) in [4.78, 5) is 4.02. The van der Waals surface area contributed by atoms with Crippen molar-refractivity contribution >= 4 is 5.84 Å². The summed E-state index contributed by atoms with van der Waals surface area (Å²) in [6.07, 6.45) is 0. The number of hydrogen-bond donors (Lipinski definition) is 2. The first-order valence-electron chi connectivity index (χ1n) is 5.59. The number of nitrogens with zero attached hydrogens (tertiary/aromatic N) is 2. The maximum absolute atomic E-state index is 13.5. The molecular weight excluding hydrogens is 268 g/mol. The van der Waals surface area contributed by atoms with Gasteiger partial charge in [-0.05, 0) is 31.2 Å².